The Kier molecular flexibility index (Phi) is 6.56. The molecule has 6 nitrogen and oxygen atoms in total. The first-order valence-electron chi connectivity index (χ1n) is 7.95. The summed E-state index contributed by atoms with van der Waals surface area (Å²) in [7, 11) is 1.58. The first-order valence-corrected chi connectivity index (χ1v) is 9.62. The molecule has 0 aliphatic rings. The maximum Gasteiger partial charge on any atom is 0.250 e. The average molecular weight is 446 g/mol. The standard InChI is InChI=1S/C19H16BrN3O3S/c1-25-16-10-14(7-8-17(24)22-19-23-21-12-27-19)9-15(20)18(16)26-11-13-5-3-2-4-6-13/h2-10,12H,11H2,1H3,(H,22,23,24)/b8-7+. The van der Waals surface area contributed by atoms with Gasteiger partial charge in [-0.3, -0.25) is 10.1 Å². The number of hydrogen-bond acceptors (Lipinski definition) is 6. The minimum Gasteiger partial charge on any atom is -0.493 e. The predicted molar refractivity (Wildman–Crippen MR) is 109 cm³/mol. The molecule has 1 aromatic heterocycles. The Hall–Kier alpha value is -2.71. The van der Waals surface area contributed by atoms with Crippen LogP contribution in [0.25, 0.3) is 6.08 Å². The third-order valence-corrected chi connectivity index (χ3v) is 4.69. The summed E-state index contributed by atoms with van der Waals surface area (Å²) >= 11 is 4.77. The van der Waals surface area contributed by atoms with Crippen molar-refractivity contribution in [1.82, 2.24) is 10.2 Å². The summed E-state index contributed by atoms with van der Waals surface area (Å²) in [5, 5.41) is 10.5. The summed E-state index contributed by atoms with van der Waals surface area (Å²) in [4.78, 5) is 11.9. The van der Waals surface area contributed by atoms with E-state index >= 15 is 0 Å². The molecule has 0 aliphatic heterocycles. The van der Waals surface area contributed by atoms with Gasteiger partial charge in [0.2, 0.25) is 11.0 Å². The van der Waals surface area contributed by atoms with Crippen LogP contribution in [0.4, 0.5) is 5.13 Å². The van der Waals surface area contributed by atoms with Crippen LogP contribution < -0.4 is 14.8 Å². The SMILES string of the molecule is COc1cc(/C=C/C(=O)Nc2nncs2)cc(Br)c1OCc1ccccc1. The van der Waals surface area contributed by atoms with Gasteiger partial charge in [-0.25, -0.2) is 0 Å². The Morgan fingerprint density at radius 2 is 2.11 bits per heavy atom. The summed E-state index contributed by atoms with van der Waals surface area (Å²) in [5.41, 5.74) is 3.40. The van der Waals surface area contributed by atoms with Gasteiger partial charge in [-0.05, 0) is 45.3 Å². The number of amides is 1. The van der Waals surface area contributed by atoms with Gasteiger partial charge in [0.25, 0.3) is 0 Å². The number of rotatable bonds is 7. The molecule has 0 bridgehead atoms. The Balaban J connectivity index is 1.71. The monoisotopic (exact) mass is 445 g/mol. The van der Waals surface area contributed by atoms with Gasteiger partial charge in [-0.1, -0.05) is 41.7 Å². The highest BCUT2D eigenvalue weighted by Crippen LogP contribution is 2.37. The minimum absolute atomic E-state index is 0.286. The number of nitrogens with zero attached hydrogens (tertiary/aromatic N) is 2. The van der Waals surface area contributed by atoms with Crippen LogP contribution in [-0.4, -0.2) is 23.2 Å². The zero-order valence-corrected chi connectivity index (χ0v) is 16.8. The highest BCUT2D eigenvalue weighted by atomic mass is 79.9. The van der Waals surface area contributed by atoms with E-state index in [2.05, 4.69) is 31.4 Å². The molecular formula is C19H16BrN3O3S. The van der Waals surface area contributed by atoms with Crippen molar-refractivity contribution < 1.29 is 14.3 Å². The summed E-state index contributed by atoms with van der Waals surface area (Å²) in [5.74, 6) is 0.896. The van der Waals surface area contributed by atoms with Crippen LogP contribution >= 0.6 is 27.3 Å². The van der Waals surface area contributed by atoms with Gasteiger partial charge in [0, 0.05) is 6.08 Å². The number of hydrogen-bond donors (Lipinski definition) is 1. The number of nitrogens with one attached hydrogen (secondary N) is 1. The maximum absolute atomic E-state index is 11.9. The van der Waals surface area contributed by atoms with E-state index in [9.17, 15) is 4.79 Å². The van der Waals surface area contributed by atoms with Gasteiger partial charge in [-0.2, -0.15) is 0 Å². The second-order valence-corrected chi connectivity index (χ2v) is 7.06. The predicted octanol–water partition coefficient (Wildman–Crippen LogP) is 4.54. The van der Waals surface area contributed by atoms with Crippen molar-refractivity contribution in [1.29, 1.82) is 0 Å². The fourth-order valence-corrected chi connectivity index (χ4v) is 3.27. The fourth-order valence-electron chi connectivity index (χ4n) is 2.25. The zero-order valence-electron chi connectivity index (χ0n) is 14.4. The fraction of sp³-hybridized carbons (Fsp3) is 0.105. The first kappa shape index (κ1) is 19.1. The number of aromatic nitrogens is 2. The van der Waals surface area contributed by atoms with Crippen molar-refractivity contribution in [2.75, 3.05) is 12.4 Å². The molecule has 1 amide bonds. The van der Waals surface area contributed by atoms with E-state index in [4.69, 9.17) is 9.47 Å². The summed E-state index contributed by atoms with van der Waals surface area (Å²) in [6.07, 6.45) is 3.11. The van der Waals surface area contributed by atoms with Crippen molar-refractivity contribution in [3.05, 3.63) is 69.7 Å². The molecule has 0 saturated carbocycles. The van der Waals surface area contributed by atoms with Crippen LogP contribution in [0.1, 0.15) is 11.1 Å². The zero-order chi connectivity index (χ0) is 19.1. The number of methoxy groups -OCH3 is 1. The molecule has 1 heterocycles. The highest BCUT2D eigenvalue weighted by molar-refractivity contribution is 9.10. The molecule has 0 aliphatic carbocycles. The van der Waals surface area contributed by atoms with Crippen molar-refractivity contribution >= 4 is 44.4 Å². The molecule has 138 valence electrons. The third-order valence-electron chi connectivity index (χ3n) is 3.50. The van der Waals surface area contributed by atoms with Crippen LogP contribution in [-0.2, 0) is 11.4 Å². The lowest BCUT2D eigenvalue weighted by atomic mass is 10.2. The van der Waals surface area contributed by atoms with Gasteiger partial charge in [0.1, 0.15) is 12.1 Å². The lowest BCUT2D eigenvalue weighted by Crippen LogP contribution is -2.07. The van der Waals surface area contributed by atoms with Crippen LogP contribution in [0.3, 0.4) is 0 Å². The number of anilines is 1. The molecule has 1 N–H and O–H groups in total. The number of carbonyl (C=O) groups is 1. The van der Waals surface area contributed by atoms with Gasteiger partial charge >= 0.3 is 0 Å². The Labute approximate surface area is 169 Å². The lowest BCUT2D eigenvalue weighted by molar-refractivity contribution is -0.111. The second-order valence-electron chi connectivity index (χ2n) is 5.37. The van der Waals surface area contributed by atoms with Gasteiger partial charge in [0.15, 0.2) is 11.5 Å². The topological polar surface area (TPSA) is 73.3 Å². The average Bonchev–Trinajstić information content (AvgIpc) is 3.19. The van der Waals surface area contributed by atoms with Crippen LogP contribution in [0.2, 0.25) is 0 Å². The molecule has 0 fully saturated rings. The maximum atomic E-state index is 11.9. The number of ether oxygens (including phenoxy) is 2. The van der Waals surface area contributed by atoms with Gasteiger partial charge in [-0.15, -0.1) is 10.2 Å². The van der Waals surface area contributed by atoms with Gasteiger partial charge < -0.3 is 9.47 Å². The van der Waals surface area contributed by atoms with E-state index in [-0.39, 0.29) is 5.91 Å². The molecule has 0 radical (unpaired) electrons. The molecule has 0 unspecified atom stereocenters. The van der Waals surface area contributed by atoms with Crippen molar-refractivity contribution in [2.45, 2.75) is 6.61 Å². The van der Waals surface area contributed by atoms with Gasteiger partial charge in [0.05, 0.1) is 11.6 Å². The van der Waals surface area contributed by atoms with E-state index in [1.54, 1.807) is 24.8 Å². The van der Waals surface area contributed by atoms with Crippen LogP contribution in [0.5, 0.6) is 11.5 Å². The Morgan fingerprint density at radius 1 is 1.30 bits per heavy atom. The largest absolute Gasteiger partial charge is 0.493 e. The third kappa shape index (κ3) is 5.38. The van der Waals surface area contributed by atoms with Crippen molar-refractivity contribution in [2.24, 2.45) is 0 Å². The molecule has 0 saturated heterocycles. The van der Waals surface area contributed by atoms with E-state index < -0.39 is 0 Å². The van der Waals surface area contributed by atoms with E-state index in [0.29, 0.717) is 23.2 Å². The number of carbonyl (C=O) groups excluding carboxylic acids is 1. The Bertz CT molecular complexity index is 931. The molecule has 8 heteroatoms. The first-order chi connectivity index (χ1) is 13.2. The smallest absolute Gasteiger partial charge is 0.250 e. The lowest BCUT2D eigenvalue weighted by Gasteiger charge is -2.13. The molecule has 3 rings (SSSR count). The van der Waals surface area contributed by atoms with E-state index in [1.807, 2.05) is 36.4 Å². The molecular weight excluding hydrogens is 430 g/mol. The summed E-state index contributed by atoms with van der Waals surface area (Å²) in [6.45, 7) is 0.426. The minimum atomic E-state index is -0.286. The quantitative estimate of drug-likeness (QED) is 0.540. The second kappa shape index (κ2) is 9.29. The van der Waals surface area contributed by atoms with Crippen LogP contribution in [0.15, 0.2) is 58.5 Å². The highest BCUT2D eigenvalue weighted by Gasteiger charge is 2.11. The molecule has 0 spiro atoms. The van der Waals surface area contributed by atoms with Crippen LogP contribution in [0, 0.1) is 0 Å². The van der Waals surface area contributed by atoms with Crippen molar-refractivity contribution in [3.8, 4) is 11.5 Å². The van der Waals surface area contributed by atoms with E-state index in [0.717, 1.165) is 15.6 Å². The number of halogens is 1. The molecule has 2 aromatic carbocycles. The molecule has 0 atom stereocenters. The summed E-state index contributed by atoms with van der Waals surface area (Å²) < 4.78 is 12.1. The number of benzene rings is 2. The van der Waals surface area contributed by atoms with E-state index in [1.165, 1.54) is 17.4 Å². The Morgan fingerprint density at radius 3 is 2.81 bits per heavy atom. The molecule has 3 aromatic rings. The summed E-state index contributed by atoms with van der Waals surface area (Å²) in [6, 6.07) is 13.5. The van der Waals surface area contributed by atoms with Crippen molar-refractivity contribution in [3.63, 3.8) is 0 Å². The normalized spacial score (nSPS) is 10.7. The molecule has 27 heavy (non-hydrogen) atoms.